The Bertz CT molecular complexity index is 1030. The van der Waals surface area contributed by atoms with Gasteiger partial charge >= 0.3 is 19.8 Å². The number of carbonyl (C=O) groups is 2. The molecule has 0 spiro atoms. The van der Waals surface area contributed by atoms with E-state index in [1.165, 1.54) is 83.5 Å². The van der Waals surface area contributed by atoms with Gasteiger partial charge in [-0.15, -0.1) is 0 Å². The van der Waals surface area contributed by atoms with Gasteiger partial charge in [-0.1, -0.05) is 142 Å². The van der Waals surface area contributed by atoms with Crippen LogP contribution in [0.5, 0.6) is 0 Å². The highest BCUT2D eigenvalue weighted by atomic mass is 31.2. The molecule has 1 saturated carbocycles. The van der Waals surface area contributed by atoms with Crippen molar-refractivity contribution in [2.45, 2.75) is 224 Å². The molecule has 6 N–H and O–H groups in total. The molecule has 1 fully saturated rings. The zero-order valence-corrected chi connectivity index (χ0v) is 34.9. The van der Waals surface area contributed by atoms with E-state index in [2.05, 4.69) is 26.0 Å². The highest BCUT2D eigenvalue weighted by Crippen LogP contribution is 2.47. The highest BCUT2D eigenvalue weighted by Gasteiger charge is 2.51. The molecule has 1 aliphatic carbocycles. The quantitative estimate of drug-likeness (QED) is 0.0159. The maximum absolute atomic E-state index is 12.8. The van der Waals surface area contributed by atoms with E-state index in [0.717, 1.165) is 57.8 Å². The van der Waals surface area contributed by atoms with Crippen LogP contribution in [0.15, 0.2) is 12.2 Å². The lowest BCUT2D eigenvalue weighted by atomic mass is 9.85. The normalized spacial score (nSPS) is 23.1. The van der Waals surface area contributed by atoms with Crippen LogP contribution in [0, 0.1) is 0 Å². The van der Waals surface area contributed by atoms with Crippen molar-refractivity contribution in [3.8, 4) is 0 Å². The fourth-order valence-electron chi connectivity index (χ4n) is 6.58. The standard InChI is InChI=1S/C41H77O13P/c1-3-5-7-9-11-13-15-16-17-18-19-20-22-24-26-28-30-35(43)53-33(31-51-34(42)29-27-25-23-21-14-12-10-8-6-4-2)32-52-55(49,50)54-41-39(47)37(45)36(44)38(46)40(41)48/h17-18,33,36-41,44-48H,3-16,19-32H2,1-2H3,(H,49,50)/b18-17-/t33-,36?,37-,38?,39?,40?,41?/m1/s1. The van der Waals surface area contributed by atoms with Crippen LogP contribution in [0.25, 0.3) is 0 Å². The fraction of sp³-hybridized carbons (Fsp3) is 0.902. The molecule has 0 aromatic rings. The van der Waals surface area contributed by atoms with Crippen LogP contribution in [0.3, 0.4) is 0 Å². The predicted octanol–water partition coefficient (Wildman–Crippen LogP) is 7.50. The van der Waals surface area contributed by atoms with Gasteiger partial charge in [0.25, 0.3) is 0 Å². The minimum absolute atomic E-state index is 0.0905. The lowest BCUT2D eigenvalue weighted by Gasteiger charge is -2.41. The molecule has 55 heavy (non-hydrogen) atoms. The summed E-state index contributed by atoms with van der Waals surface area (Å²) in [6.07, 6.45) is 18.5. The number of phosphoric ester groups is 1. The number of unbranched alkanes of at least 4 members (excludes halogenated alkanes) is 21. The topological polar surface area (TPSA) is 210 Å². The van der Waals surface area contributed by atoms with Crippen LogP contribution in [-0.2, 0) is 32.7 Å². The molecule has 8 atom stereocenters. The SMILES string of the molecule is CCCCCCCCC/C=C\CCCCCCCC(=O)O[C@H](COC(=O)CCCCCCCCCCCC)COP(=O)(O)OC1C(O)C(O)C(O)[C@@H](O)C1O. The summed E-state index contributed by atoms with van der Waals surface area (Å²) in [6.45, 7) is 3.26. The van der Waals surface area contributed by atoms with Crippen LogP contribution in [0.1, 0.15) is 181 Å². The Kier molecular flexibility index (Phi) is 30.5. The third kappa shape index (κ3) is 25.5. The zero-order valence-electron chi connectivity index (χ0n) is 34.0. The first-order valence-electron chi connectivity index (χ1n) is 21.5. The minimum Gasteiger partial charge on any atom is -0.462 e. The van der Waals surface area contributed by atoms with Gasteiger partial charge in [-0.3, -0.25) is 18.6 Å². The van der Waals surface area contributed by atoms with Gasteiger partial charge in [0.1, 0.15) is 43.2 Å². The van der Waals surface area contributed by atoms with Gasteiger partial charge in [0.05, 0.1) is 6.61 Å². The first kappa shape index (κ1) is 51.6. The molecule has 0 bridgehead atoms. The molecule has 0 aromatic carbocycles. The van der Waals surface area contributed by atoms with E-state index in [4.69, 9.17) is 18.5 Å². The second-order valence-electron chi connectivity index (χ2n) is 15.2. The fourth-order valence-corrected chi connectivity index (χ4v) is 7.55. The van der Waals surface area contributed by atoms with Crippen molar-refractivity contribution in [1.29, 1.82) is 0 Å². The van der Waals surface area contributed by atoms with Crippen molar-refractivity contribution in [1.82, 2.24) is 0 Å². The number of allylic oxidation sites excluding steroid dienone is 2. The number of aliphatic hydroxyl groups is 5. The average Bonchev–Trinajstić information content (AvgIpc) is 3.16. The summed E-state index contributed by atoms with van der Waals surface area (Å²) in [5, 5.41) is 50.0. The van der Waals surface area contributed by atoms with E-state index in [-0.39, 0.29) is 12.8 Å². The largest absolute Gasteiger partial charge is 0.472 e. The van der Waals surface area contributed by atoms with Crippen LogP contribution in [0.2, 0.25) is 0 Å². The predicted molar refractivity (Wildman–Crippen MR) is 212 cm³/mol. The Morgan fingerprint density at radius 1 is 0.545 bits per heavy atom. The molecule has 1 aliphatic rings. The van der Waals surface area contributed by atoms with E-state index in [0.29, 0.717) is 12.8 Å². The molecular weight excluding hydrogens is 731 g/mol. The van der Waals surface area contributed by atoms with Gasteiger partial charge < -0.3 is 39.9 Å². The number of rotatable bonds is 35. The number of hydrogen-bond donors (Lipinski definition) is 6. The summed E-state index contributed by atoms with van der Waals surface area (Å²) in [4.78, 5) is 35.5. The molecule has 1 rings (SSSR count). The molecule has 0 aliphatic heterocycles. The molecule has 0 heterocycles. The summed E-state index contributed by atoms with van der Waals surface area (Å²) in [7, 11) is -5.11. The molecule has 0 radical (unpaired) electrons. The molecule has 0 aromatic heterocycles. The van der Waals surface area contributed by atoms with Gasteiger partial charge in [0.2, 0.25) is 0 Å². The van der Waals surface area contributed by atoms with Crippen LogP contribution >= 0.6 is 7.82 Å². The Balaban J connectivity index is 2.49. The zero-order chi connectivity index (χ0) is 40.7. The maximum Gasteiger partial charge on any atom is 0.472 e. The number of phosphoric acid groups is 1. The lowest BCUT2D eigenvalue weighted by Crippen LogP contribution is -2.64. The molecule has 14 heteroatoms. The Labute approximate surface area is 331 Å². The van der Waals surface area contributed by atoms with Crippen LogP contribution < -0.4 is 0 Å². The van der Waals surface area contributed by atoms with E-state index in [1.54, 1.807) is 0 Å². The summed E-state index contributed by atoms with van der Waals surface area (Å²) < 4.78 is 33.4. The number of hydrogen-bond acceptors (Lipinski definition) is 12. The van der Waals surface area contributed by atoms with Crippen molar-refractivity contribution in [3.63, 3.8) is 0 Å². The first-order chi connectivity index (χ1) is 26.4. The number of carbonyl (C=O) groups excluding carboxylic acids is 2. The third-order valence-electron chi connectivity index (χ3n) is 10.1. The van der Waals surface area contributed by atoms with Gasteiger partial charge in [-0.05, 0) is 38.5 Å². The van der Waals surface area contributed by atoms with Crippen molar-refractivity contribution in [3.05, 3.63) is 12.2 Å². The number of esters is 2. The molecule has 13 nitrogen and oxygen atoms in total. The van der Waals surface area contributed by atoms with E-state index in [9.17, 15) is 44.6 Å². The highest BCUT2D eigenvalue weighted by molar-refractivity contribution is 7.47. The van der Waals surface area contributed by atoms with Gasteiger partial charge in [0.15, 0.2) is 6.10 Å². The number of ether oxygens (including phenoxy) is 2. The van der Waals surface area contributed by atoms with Gasteiger partial charge in [0, 0.05) is 12.8 Å². The Morgan fingerprint density at radius 3 is 1.38 bits per heavy atom. The van der Waals surface area contributed by atoms with Crippen molar-refractivity contribution >= 4 is 19.8 Å². The molecule has 324 valence electrons. The maximum atomic E-state index is 12.8. The Hall–Kier alpha value is -1.41. The molecular formula is C41H77O13P. The lowest BCUT2D eigenvalue weighted by molar-refractivity contribution is -0.220. The third-order valence-corrected chi connectivity index (χ3v) is 11.1. The smallest absolute Gasteiger partial charge is 0.462 e. The summed E-state index contributed by atoms with van der Waals surface area (Å²) in [6, 6.07) is 0. The second kappa shape index (κ2) is 32.5. The first-order valence-corrected chi connectivity index (χ1v) is 23.0. The van der Waals surface area contributed by atoms with Crippen LogP contribution in [-0.4, -0.2) is 98.3 Å². The van der Waals surface area contributed by atoms with Crippen molar-refractivity contribution in [2.24, 2.45) is 0 Å². The minimum atomic E-state index is -5.11. The van der Waals surface area contributed by atoms with Crippen LogP contribution in [0.4, 0.5) is 0 Å². The Morgan fingerprint density at radius 2 is 0.927 bits per heavy atom. The summed E-state index contributed by atoms with van der Waals surface area (Å²) >= 11 is 0. The average molecular weight is 809 g/mol. The molecule has 6 unspecified atom stereocenters. The van der Waals surface area contributed by atoms with E-state index < -0.39 is 75.7 Å². The van der Waals surface area contributed by atoms with Crippen molar-refractivity contribution < 1.29 is 63.1 Å². The van der Waals surface area contributed by atoms with E-state index >= 15 is 0 Å². The van der Waals surface area contributed by atoms with Gasteiger partial charge in [-0.2, -0.15) is 0 Å². The number of aliphatic hydroxyl groups excluding tert-OH is 5. The molecule has 0 saturated heterocycles. The second-order valence-corrected chi connectivity index (χ2v) is 16.6. The molecule has 0 amide bonds. The summed E-state index contributed by atoms with van der Waals surface area (Å²) in [5.41, 5.74) is 0. The monoisotopic (exact) mass is 809 g/mol. The van der Waals surface area contributed by atoms with Crippen molar-refractivity contribution in [2.75, 3.05) is 13.2 Å². The van der Waals surface area contributed by atoms with E-state index in [1.807, 2.05) is 0 Å². The van der Waals surface area contributed by atoms with Gasteiger partial charge in [-0.25, -0.2) is 4.57 Å². The summed E-state index contributed by atoms with van der Waals surface area (Å²) in [5.74, 6) is -1.11.